The lowest BCUT2D eigenvalue weighted by Crippen LogP contribution is -2.32. The van der Waals surface area contributed by atoms with Gasteiger partial charge in [-0.15, -0.1) is 11.6 Å². The lowest BCUT2D eigenvalue weighted by molar-refractivity contribution is -0.122. The van der Waals surface area contributed by atoms with E-state index < -0.39 is 12.2 Å². The van der Waals surface area contributed by atoms with Crippen LogP contribution in [0.5, 0.6) is 0 Å². The predicted molar refractivity (Wildman–Crippen MR) is 185 cm³/mol. The van der Waals surface area contributed by atoms with E-state index in [1.165, 1.54) is 4.90 Å². The van der Waals surface area contributed by atoms with Crippen molar-refractivity contribution in [3.8, 4) is 11.1 Å². The molecule has 3 rings (SSSR count). The fourth-order valence-electron chi connectivity index (χ4n) is 4.97. The van der Waals surface area contributed by atoms with E-state index in [1.54, 1.807) is 7.05 Å². The molecule has 48 heavy (non-hydrogen) atoms. The summed E-state index contributed by atoms with van der Waals surface area (Å²) in [6.45, 7) is 6.38. The fourth-order valence-corrected chi connectivity index (χ4v) is 5.16. The number of likely N-dealkylation sites (N-methyl/N-ethyl adjacent to an activating group) is 1. The molecule has 0 radical (unpaired) electrons. The molecule has 0 unspecified atom stereocenters. The molecular formula is C36H53ClN2O9. The average molecular weight is 693 g/mol. The van der Waals surface area contributed by atoms with Crippen molar-refractivity contribution in [3.05, 3.63) is 59.7 Å². The number of hydrogen-bond acceptors (Lipinski definition) is 9. The van der Waals surface area contributed by atoms with E-state index in [1.807, 2.05) is 36.4 Å². The molecule has 0 bridgehead atoms. The second-order valence-corrected chi connectivity index (χ2v) is 11.6. The highest BCUT2D eigenvalue weighted by Crippen LogP contribution is 2.45. The van der Waals surface area contributed by atoms with Crippen LogP contribution < -0.4 is 5.32 Å². The van der Waals surface area contributed by atoms with Crippen LogP contribution >= 0.6 is 11.6 Å². The molecule has 11 nitrogen and oxygen atoms in total. The highest BCUT2D eigenvalue weighted by Gasteiger charge is 2.31. The van der Waals surface area contributed by atoms with Gasteiger partial charge in [0.2, 0.25) is 5.91 Å². The summed E-state index contributed by atoms with van der Waals surface area (Å²) in [5.74, 6) is 0.651. The molecule has 0 aromatic heterocycles. The van der Waals surface area contributed by atoms with Crippen molar-refractivity contribution in [1.29, 1.82) is 0 Å². The third-order valence-electron chi connectivity index (χ3n) is 7.58. The number of nitrogens with one attached hydrogen (secondary N) is 1. The molecule has 268 valence electrons. The van der Waals surface area contributed by atoms with Crippen molar-refractivity contribution in [2.45, 2.75) is 38.2 Å². The zero-order valence-electron chi connectivity index (χ0n) is 28.3. The third-order valence-corrected chi connectivity index (χ3v) is 7.85. The lowest BCUT2D eigenvalue weighted by atomic mass is 10.1. The Hall–Kier alpha value is -2.77. The Bertz CT molecular complexity index is 1130. The van der Waals surface area contributed by atoms with Crippen LogP contribution in [0, 0.1) is 0 Å². The molecule has 0 aliphatic heterocycles. The number of fused-ring (bicyclic) bond motifs is 3. The van der Waals surface area contributed by atoms with Gasteiger partial charge < -0.3 is 43.4 Å². The monoisotopic (exact) mass is 692 g/mol. The molecule has 2 aromatic carbocycles. The summed E-state index contributed by atoms with van der Waals surface area (Å²) in [5, 5.41) is 2.81. The van der Waals surface area contributed by atoms with Gasteiger partial charge in [0.15, 0.2) is 6.10 Å². The van der Waals surface area contributed by atoms with Crippen molar-refractivity contribution in [2.75, 3.05) is 105 Å². The number of rotatable bonds is 28. The number of amides is 2. The minimum Gasteiger partial charge on any atom is -0.436 e. The molecule has 1 aliphatic carbocycles. The molecule has 0 saturated heterocycles. The van der Waals surface area contributed by atoms with Crippen LogP contribution in [0.3, 0.4) is 0 Å². The van der Waals surface area contributed by atoms with Crippen LogP contribution in [0.4, 0.5) is 4.79 Å². The van der Waals surface area contributed by atoms with Crippen LogP contribution in [-0.4, -0.2) is 122 Å². The number of nitrogens with zero attached hydrogens (tertiary/aromatic N) is 1. The first-order valence-corrected chi connectivity index (χ1v) is 17.5. The molecule has 2 amide bonds. The summed E-state index contributed by atoms with van der Waals surface area (Å²) in [6.07, 6.45) is 3.87. The van der Waals surface area contributed by atoms with Crippen molar-refractivity contribution >= 4 is 23.6 Å². The van der Waals surface area contributed by atoms with Gasteiger partial charge in [-0.3, -0.25) is 4.79 Å². The number of carbonyl (C=O) groups excluding carboxylic acids is 2. The zero-order chi connectivity index (χ0) is 34.1. The summed E-state index contributed by atoms with van der Waals surface area (Å²) >= 11 is 5.65. The van der Waals surface area contributed by atoms with Crippen molar-refractivity contribution in [3.63, 3.8) is 0 Å². The Morgan fingerprint density at radius 2 is 1.15 bits per heavy atom. The van der Waals surface area contributed by atoms with E-state index in [4.69, 9.17) is 44.8 Å². The highest BCUT2D eigenvalue weighted by molar-refractivity contribution is 6.17. The minimum absolute atomic E-state index is 0.0729. The first-order valence-electron chi connectivity index (χ1n) is 17.0. The Kier molecular flexibility index (Phi) is 20.9. The van der Waals surface area contributed by atoms with E-state index in [2.05, 4.69) is 17.4 Å². The van der Waals surface area contributed by atoms with Crippen LogP contribution in [0.25, 0.3) is 11.1 Å². The number of benzene rings is 2. The second-order valence-electron chi connectivity index (χ2n) is 11.2. The summed E-state index contributed by atoms with van der Waals surface area (Å²) in [5.41, 5.74) is 4.20. The number of ether oxygens (including phenoxy) is 7. The van der Waals surface area contributed by atoms with E-state index in [9.17, 15) is 9.59 Å². The molecule has 1 N–H and O–H groups in total. The molecular weight excluding hydrogens is 640 g/mol. The quantitative estimate of drug-likeness (QED) is 0.0946. The summed E-state index contributed by atoms with van der Waals surface area (Å²) in [7, 11) is 1.70. The summed E-state index contributed by atoms with van der Waals surface area (Å²) < 4.78 is 39.0. The number of halogens is 1. The molecule has 1 aliphatic rings. The lowest BCUT2D eigenvalue weighted by Gasteiger charge is -2.21. The number of alkyl halides is 1. The number of carbonyl (C=O) groups is 2. The van der Waals surface area contributed by atoms with E-state index in [-0.39, 0.29) is 12.3 Å². The van der Waals surface area contributed by atoms with Crippen LogP contribution in [0.15, 0.2) is 48.5 Å². The number of hydrogen-bond donors (Lipinski definition) is 1. The SMILES string of the molecule is CN(CCOCCOCCOCCOCCC(=O)NCCOCCOCCCCCCCl)C(=O)OC1c2ccccc2-c2ccccc21. The normalized spacial score (nSPS) is 12.1. The van der Waals surface area contributed by atoms with Gasteiger partial charge in [-0.05, 0) is 24.0 Å². The Morgan fingerprint density at radius 3 is 1.75 bits per heavy atom. The molecule has 0 fully saturated rings. The molecule has 0 atom stereocenters. The standard InChI is InChI=1S/C36H53ClN2O9/c1-39(36(41)48-35-32-12-6-4-10-30(32)31-11-5-7-13-33(31)35)17-21-45-25-27-47-29-28-46-26-23-43-19-14-34(40)38-16-20-44-24-22-42-18-9-3-2-8-15-37/h4-7,10-13,35H,2-3,8-9,14-29H2,1H3,(H,38,40). The minimum atomic E-state index is -0.415. The van der Waals surface area contributed by atoms with Gasteiger partial charge in [0, 0.05) is 50.2 Å². The first kappa shape index (κ1) is 39.7. The third kappa shape index (κ3) is 15.6. The van der Waals surface area contributed by atoms with Crippen molar-refractivity contribution < 1.29 is 42.7 Å². The topological polar surface area (TPSA) is 114 Å². The predicted octanol–water partition coefficient (Wildman–Crippen LogP) is 5.23. The molecule has 0 heterocycles. The summed E-state index contributed by atoms with van der Waals surface area (Å²) in [6, 6.07) is 16.0. The van der Waals surface area contributed by atoms with Crippen LogP contribution in [0.1, 0.15) is 49.3 Å². The maximum atomic E-state index is 12.8. The van der Waals surface area contributed by atoms with Crippen LogP contribution in [0.2, 0.25) is 0 Å². The highest BCUT2D eigenvalue weighted by atomic mass is 35.5. The van der Waals surface area contributed by atoms with E-state index >= 15 is 0 Å². The van der Waals surface area contributed by atoms with Crippen molar-refractivity contribution in [1.82, 2.24) is 10.2 Å². The van der Waals surface area contributed by atoms with E-state index in [0.29, 0.717) is 85.8 Å². The van der Waals surface area contributed by atoms with Gasteiger partial charge in [0.05, 0.1) is 72.7 Å². The largest absolute Gasteiger partial charge is 0.436 e. The van der Waals surface area contributed by atoms with Gasteiger partial charge in [0.25, 0.3) is 0 Å². The molecule has 0 saturated carbocycles. The second kappa shape index (κ2) is 25.2. The Labute approximate surface area is 290 Å². The van der Waals surface area contributed by atoms with Crippen molar-refractivity contribution in [2.24, 2.45) is 0 Å². The van der Waals surface area contributed by atoms with Gasteiger partial charge in [-0.25, -0.2) is 4.79 Å². The van der Waals surface area contributed by atoms with Gasteiger partial charge in [-0.2, -0.15) is 0 Å². The number of unbranched alkanes of at least 4 members (excludes halogenated alkanes) is 3. The van der Waals surface area contributed by atoms with Gasteiger partial charge in [-0.1, -0.05) is 61.4 Å². The van der Waals surface area contributed by atoms with Gasteiger partial charge >= 0.3 is 6.09 Å². The van der Waals surface area contributed by atoms with E-state index in [0.717, 1.165) is 60.4 Å². The summed E-state index contributed by atoms with van der Waals surface area (Å²) in [4.78, 5) is 26.2. The smallest absolute Gasteiger partial charge is 0.410 e. The Morgan fingerprint density at radius 1 is 0.646 bits per heavy atom. The molecule has 0 spiro atoms. The molecule has 2 aromatic rings. The maximum Gasteiger partial charge on any atom is 0.410 e. The zero-order valence-corrected chi connectivity index (χ0v) is 29.1. The maximum absolute atomic E-state index is 12.8. The fraction of sp³-hybridized carbons (Fsp3) is 0.611. The first-order chi connectivity index (χ1) is 23.6. The van der Waals surface area contributed by atoms with Crippen LogP contribution in [-0.2, 0) is 38.0 Å². The average Bonchev–Trinajstić information content (AvgIpc) is 3.41. The Balaban J connectivity index is 1.05. The van der Waals surface area contributed by atoms with Gasteiger partial charge in [0.1, 0.15) is 0 Å². The molecule has 12 heteroatoms.